The van der Waals surface area contributed by atoms with Crippen molar-refractivity contribution in [3.05, 3.63) is 23.5 Å². The summed E-state index contributed by atoms with van der Waals surface area (Å²) in [4.78, 5) is 26.7. The molecule has 0 bridgehead atoms. The van der Waals surface area contributed by atoms with Crippen LogP contribution in [0.15, 0.2) is 28.5 Å². The van der Waals surface area contributed by atoms with Crippen LogP contribution >= 0.6 is 0 Å². The van der Waals surface area contributed by atoms with Crippen LogP contribution in [0.3, 0.4) is 0 Å². The van der Waals surface area contributed by atoms with Crippen LogP contribution in [0.2, 0.25) is 0 Å². The van der Waals surface area contributed by atoms with Crippen LogP contribution in [0.25, 0.3) is 0 Å². The third kappa shape index (κ3) is 4.64. The monoisotopic (exact) mass is 277 g/mol. The highest BCUT2D eigenvalue weighted by Crippen LogP contribution is 2.25. The molecule has 0 saturated carbocycles. The molecule has 5 heteroatoms. The number of carbonyl (C=O) groups excluding carboxylic acids is 2. The molecule has 0 aromatic carbocycles. The Morgan fingerprint density at radius 3 is 2.55 bits per heavy atom. The summed E-state index contributed by atoms with van der Waals surface area (Å²) >= 11 is 0. The fourth-order valence-electron chi connectivity index (χ4n) is 1.90. The molecule has 1 heterocycles. The van der Waals surface area contributed by atoms with Crippen LogP contribution in [-0.4, -0.2) is 24.6 Å². The molecule has 110 valence electrons. The first-order valence-corrected chi connectivity index (χ1v) is 6.70. The lowest BCUT2D eigenvalue weighted by molar-refractivity contribution is -0.134. The van der Waals surface area contributed by atoms with Gasteiger partial charge in [0.05, 0.1) is 0 Å². The van der Waals surface area contributed by atoms with Gasteiger partial charge in [0.25, 0.3) is 0 Å². The lowest BCUT2D eigenvalue weighted by Crippen LogP contribution is -2.50. The van der Waals surface area contributed by atoms with Crippen LogP contribution in [-0.2, 0) is 9.59 Å². The van der Waals surface area contributed by atoms with Crippen LogP contribution < -0.4 is 10.6 Å². The number of aliphatic imine (C=N–C) groups is 1. The molecule has 1 fully saturated rings. The Morgan fingerprint density at radius 2 is 2.05 bits per heavy atom. The highest BCUT2D eigenvalue weighted by Gasteiger charge is 2.26. The minimum absolute atomic E-state index is 0.0762. The van der Waals surface area contributed by atoms with E-state index >= 15 is 0 Å². The van der Waals surface area contributed by atoms with Crippen molar-refractivity contribution in [2.75, 3.05) is 0 Å². The van der Waals surface area contributed by atoms with Gasteiger partial charge in [-0.1, -0.05) is 20.8 Å². The molecule has 0 spiro atoms. The van der Waals surface area contributed by atoms with Crippen molar-refractivity contribution < 1.29 is 9.59 Å². The third-order valence-corrected chi connectivity index (χ3v) is 3.07. The zero-order valence-corrected chi connectivity index (χ0v) is 12.6. The van der Waals surface area contributed by atoms with E-state index < -0.39 is 0 Å². The van der Waals surface area contributed by atoms with Gasteiger partial charge in [-0.25, -0.2) is 0 Å². The molecule has 1 saturated heterocycles. The summed E-state index contributed by atoms with van der Waals surface area (Å²) in [5.41, 5.74) is 1.65. The van der Waals surface area contributed by atoms with E-state index in [0.29, 0.717) is 12.8 Å². The van der Waals surface area contributed by atoms with Crippen LogP contribution in [0.4, 0.5) is 0 Å². The number of rotatable bonds is 4. The number of nitrogens with zero attached hydrogens (tertiary/aromatic N) is 1. The fraction of sp³-hybridized carbons (Fsp3) is 0.533. The van der Waals surface area contributed by atoms with Crippen molar-refractivity contribution in [3.63, 3.8) is 0 Å². The van der Waals surface area contributed by atoms with Gasteiger partial charge in [0.15, 0.2) is 0 Å². The summed E-state index contributed by atoms with van der Waals surface area (Å²) in [5.74, 6) is -0.476. The number of nitrogens with one attached hydrogen (secondary N) is 2. The number of carbonyl (C=O) groups is 2. The van der Waals surface area contributed by atoms with Crippen LogP contribution in [0, 0.1) is 5.41 Å². The Balaban J connectivity index is 2.71. The molecule has 0 aromatic rings. The first-order chi connectivity index (χ1) is 9.24. The van der Waals surface area contributed by atoms with Gasteiger partial charge in [0, 0.05) is 23.2 Å². The molecule has 1 atom stereocenters. The fourth-order valence-corrected chi connectivity index (χ4v) is 1.90. The molecule has 1 unspecified atom stereocenters. The number of hydrogen-bond acceptors (Lipinski definition) is 4. The van der Waals surface area contributed by atoms with Gasteiger partial charge >= 0.3 is 0 Å². The first kappa shape index (κ1) is 16.1. The average Bonchev–Trinajstić information content (AvgIpc) is 2.32. The maximum Gasteiger partial charge on any atom is 0.249 e. The molecule has 20 heavy (non-hydrogen) atoms. The Bertz CT molecular complexity index is 470. The van der Waals surface area contributed by atoms with Crippen LogP contribution in [0.5, 0.6) is 0 Å². The Hall–Kier alpha value is -1.91. The zero-order chi connectivity index (χ0) is 15.3. The van der Waals surface area contributed by atoms with E-state index in [1.807, 2.05) is 19.1 Å². The molecular weight excluding hydrogens is 254 g/mol. The zero-order valence-electron chi connectivity index (χ0n) is 12.6. The first-order valence-electron chi connectivity index (χ1n) is 6.70. The van der Waals surface area contributed by atoms with E-state index in [4.69, 9.17) is 0 Å². The van der Waals surface area contributed by atoms with Gasteiger partial charge in [-0.2, -0.15) is 0 Å². The number of amides is 2. The molecule has 1 rings (SSSR count). The van der Waals surface area contributed by atoms with E-state index in [1.165, 1.54) is 0 Å². The number of piperidine rings is 1. The van der Waals surface area contributed by atoms with Crippen LogP contribution in [0.1, 0.15) is 40.5 Å². The molecule has 1 aliphatic rings. The summed E-state index contributed by atoms with van der Waals surface area (Å²) in [7, 11) is 0. The summed E-state index contributed by atoms with van der Waals surface area (Å²) in [6.45, 7) is 11.6. The van der Waals surface area contributed by atoms with Crippen molar-refractivity contribution in [3.8, 4) is 0 Å². The largest absolute Gasteiger partial charge is 0.377 e. The van der Waals surface area contributed by atoms with Gasteiger partial charge < -0.3 is 5.32 Å². The normalized spacial score (nSPS) is 21.5. The molecular formula is C15H23N3O2. The van der Waals surface area contributed by atoms with Gasteiger partial charge in [0.2, 0.25) is 11.8 Å². The number of hydrogen-bond donors (Lipinski definition) is 2. The Morgan fingerprint density at radius 1 is 1.40 bits per heavy atom. The molecule has 0 radical (unpaired) electrons. The third-order valence-electron chi connectivity index (χ3n) is 3.07. The van der Waals surface area contributed by atoms with Crippen molar-refractivity contribution in [1.29, 1.82) is 0 Å². The minimum atomic E-state index is -0.355. The molecule has 2 amide bonds. The maximum atomic E-state index is 11.6. The SMILES string of the molecule is C=N/C(=C\C=C(/C)NC1CCC(=O)NC1=O)C(C)(C)C. The molecule has 5 nitrogen and oxygen atoms in total. The molecule has 1 aliphatic heterocycles. The predicted octanol–water partition coefficient (Wildman–Crippen LogP) is 1.92. The molecule has 2 N–H and O–H groups in total. The smallest absolute Gasteiger partial charge is 0.249 e. The molecule has 0 aliphatic carbocycles. The van der Waals surface area contributed by atoms with E-state index in [2.05, 4.69) is 43.1 Å². The topological polar surface area (TPSA) is 70.6 Å². The second-order valence-corrected chi connectivity index (χ2v) is 5.96. The van der Waals surface area contributed by atoms with Gasteiger partial charge in [-0.05, 0) is 32.2 Å². The quantitative estimate of drug-likeness (QED) is 0.468. The van der Waals surface area contributed by atoms with Gasteiger partial charge in [-0.3, -0.25) is 19.9 Å². The van der Waals surface area contributed by atoms with Crippen molar-refractivity contribution >= 4 is 18.5 Å². The van der Waals surface area contributed by atoms with Crippen molar-refractivity contribution in [2.45, 2.75) is 46.6 Å². The number of allylic oxidation sites excluding steroid dienone is 4. The summed E-state index contributed by atoms with van der Waals surface area (Å²) in [6, 6.07) is -0.355. The lowest BCUT2D eigenvalue weighted by atomic mass is 9.92. The van der Waals surface area contributed by atoms with E-state index in [0.717, 1.165) is 11.4 Å². The lowest BCUT2D eigenvalue weighted by Gasteiger charge is -2.23. The van der Waals surface area contributed by atoms with Crippen molar-refractivity contribution in [1.82, 2.24) is 10.6 Å². The Labute approximate surface area is 120 Å². The Kier molecular flexibility index (Phi) is 5.25. The average molecular weight is 277 g/mol. The highest BCUT2D eigenvalue weighted by atomic mass is 16.2. The second kappa shape index (κ2) is 6.50. The summed E-state index contributed by atoms with van der Waals surface area (Å²) in [5, 5.41) is 5.43. The standard InChI is InChI=1S/C15H23N3O2/c1-10(6-8-12(16-5)15(2,3)4)17-11-7-9-13(19)18-14(11)20/h6,8,11,17H,5,7,9H2,1-4H3,(H,18,19,20)/b10-6+,12-8-. The number of imide groups is 1. The summed E-state index contributed by atoms with van der Waals surface area (Å²) in [6.07, 6.45) is 4.65. The van der Waals surface area contributed by atoms with Gasteiger partial charge in [-0.15, -0.1) is 0 Å². The maximum absolute atomic E-state index is 11.6. The second-order valence-electron chi connectivity index (χ2n) is 5.96. The highest BCUT2D eigenvalue weighted by molar-refractivity contribution is 6.00. The van der Waals surface area contributed by atoms with Crippen molar-refractivity contribution in [2.24, 2.45) is 10.4 Å². The summed E-state index contributed by atoms with van der Waals surface area (Å²) < 4.78 is 0. The van der Waals surface area contributed by atoms with E-state index in [1.54, 1.807) is 0 Å². The predicted molar refractivity (Wildman–Crippen MR) is 80.2 cm³/mol. The van der Waals surface area contributed by atoms with Gasteiger partial charge in [0.1, 0.15) is 6.04 Å². The minimum Gasteiger partial charge on any atom is -0.377 e. The van der Waals surface area contributed by atoms with E-state index in [9.17, 15) is 9.59 Å². The van der Waals surface area contributed by atoms with E-state index in [-0.39, 0.29) is 23.3 Å². The molecule has 0 aromatic heterocycles.